The van der Waals surface area contributed by atoms with Crippen LogP contribution >= 0.6 is 42.1 Å². The van der Waals surface area contributed by atoms with Gasteiger partial charge in [-0.2, -0.15) is 0 Å². The average Bonchev–Trinajstić information content (AvgIpc) is 2.85. The predicted octanol–water partition coefficient (Wildman–Crippen LogP) is 9.86. The van der Waals surface area contributed by atoms with Crippen molar-refractivity contribution < 1.29 is 0 Å². The van der Waals surface area contributed by atoms with Crippen LogP contribution in [-0.4, -0.2) is 6.16 Å². The van der Waals surface area contributed by atoms with E-state index in [1.807, 2.05) is 36.4 Å². The Balaban J connectivity index is 1.80. The van der Waals surface area contributed by atoms with E-state index in [9.17, 15) is 0 Å². The molecule has 0 spiro atoms. The van der Waals surface area contributed by atoms with Gasteiger partial charge in [0.25, 0.3) is 0 Å². The molecule has 0 amide bonds. The fraction of sp³-hybridized carbons (Fsp3) is 0.400. The van der Waals surface area contributed by atoms with Gasteiger partial charge in [0.15, 0.2) is 0 Å². The third-order valence-corrected chi connectivity index (χ3v) is 11.9. The zero-order valence-corrected chi connectivity index (χ0v) is 23.4. The van der Waals surface area contributed by atoms with Crippen LogP contribution in [0.15, 0.2) is 72.8 Å². The van der Waals surface area contributed by atoms with E-state index in [-0.39, 0.29) is 0 Å². The van der Waals surface area contributed by atoms with Gasteiger partial charge in [-0.1, -0.05) is 93.1 Å². The normalized spacial score (nSPS) is 11.6. The molecule has 0 atom stereocenters. The molecule has 0 N–H and O–H groups in total. The molecule has 0 fully saturated rings. The monoisotopic (exact) mass is 533 g/mol. The smallest absolute Gasteiger partial charge is 0.0843 e. The Morgan fingerprint density at radius 1 is 0.441 bits per heavy atom. The Hall–Kier alpha value is -1.04. The summed E-state index contributed by atoms with van der Waals surface area (Å²) >= 11 is 18.9. The lowest BCUT2D eigenvalue weighted by atomic mass is 10.1. The maximum atomic E-state index is 6.29. The minimum Gasteiger partial charge on any atom is -0.0843 e. The highest BCUT2D eigenvalue weighted by Crippen LogP contribution is 2.56. The zero-order valence-electron chi connectivity index (χ0n) is 20.3. The molecule has 34 heavy (non-hydrogen) atoms. The molecule has 0 bridgehead atoms. The van der Waals surface area contributed by atoms with Crippen LogP contribution in [0.25, 0.3) is 0 Å². The summed E-state index contributed by atoms with van der Waals surface area (Å²) in [6.07, 6.45) is 14.5. The van der Waals surface area contributed by atoms with Crippen LogP contribution in [0.1, 0.15) is 71.1 Å². The first-order valence-electron chi connectivity index (χ1n) is 12.7. The Morgan fingerprint density at radius 3 is 1.06 bits per heavy atom. The van der Waals surface area contributed by atoms with E-state index in [2.05, 4.69) is 43.3 Å². The summed E-state index contributed by atoms with van der Waals surface area (Å²) in [7, 11) is -1.86. The van der Waals surface area contributed by atoms with Gasteiger partial charge >= 0.3 is 0 Å². The van der Waals surface area contributed by atoms with Crippen LogP contribution in [0.3, 0.4) is 0 Å². The topological polar surface area (TPSA) is 0 Å². The molecular weight excluding hydrogens is 498 g/mol. The van der Waals surface area contributed by atoms with Crippen LogP contribution in [0.5, 0.6) is 0 Å². The average molecular weight is 535 g/mol. The molecule has 0 nitrogen and oxygen atoms in total. The van der Waals surface area contributed by atoms with Gasteiger partial charge in [-0.25, -0.2) is 0 Å². The van der Waals surface area contributed by atoms with Gasteiger partial charge in [-0.05, 0) is 85.6 Å². The Labute approximate surface area is 222 Å². The summed E-state index contributed by atoms with van der Waals surface area (Å²) < 4.78 is 0. The maximum Gasteiger partial charge on any atom is 0.112 e. The molecule has 0 radical (unpaired) electrons. The fourth-order valence-corrected chi connectivity index (χ4v) is 9.48. The van der Waals surface area contributed by atoms with E-state index in [4.69, 9.17) is 34.8 Å². The highest BCUT2D eigenvalue weighted by atomic mass is 35.5. The van der Waals surface area contributed by atoms with Crippen molar-refractivity contribution in [2.45, 2.75) is 71.1 Å². The van der Waals surface area contributed by atoms with Crippen molar-refractivity contribution in [1.29, 1.82) is 0 Å². The standard InChI is InChI=1S/C30H37Cl3P/c1-2-3-4-5-6-7-8-9-10-11-24-34(28-18-12-25(31)13-19-28,29-20-14-26(32)15-21-29)30-22-16-27(33)17-23-30/h12-23H,2-11,24H2,1H3/q+1. The molecule has 0 unspecified atom stereocenters. The summed E-state index contributed by atoms with van der Waals surface area (Å²) in [6.45, 7) is 2.28. The summed E-state index contributed by atoms with van der Waals surface area (Å²) in [5.41, 5.74) is 0. The second-order valence-electron chi connectivity index (χ2n) is 9.14. The number of rotatable bonds is 14. The Kier molecular flexibility index (Phi) is 11.7. The zero-order chi connectivity index (χ0) is 24.2. The highest BCUT2D eigenvalue weighted by molar-refractivity contribution is 7.95. The van der Waals surface area contributed by atoms with Gasteiger partial charge in [0.05, 0.1) is 6.16 Å². The van der Waals surface area contributed by atoms with Crippen LogP contribution < -0.4 is 15.9 Å². The van der Waals surface area contributed by atoms with Crippen molar-refractivity contribution >= 4 is 58.0 Å². The quantitative estimate of drug-likeness (QED) is 0.143. The summed E-state index contributed by atoms with van der Waals surface area (Å²) in [6, 6.07) is 25.5. The molecule has 0 aliphatic heterocycles. The number of halogens is 3. The first kappa shape index (κ1) is 27.5. The lowest BCUT2D eigenvalue weighted by Gasteiger charge is -2.28. The lowest BCUT2D eigenvalue weighted by Crippen LogP contribution is -2.33. The van der Waals surface area contributed by atoms with Crippen molar-refractivity contribution in [3.63, 3.8) is 0 Å². The number of hydrogen-bond acceptors (Lipinski definition) is 0. The molecule has 3 aromatic rings. The summed E-state index contributed by atoms with van der Waals surface area (Å²) in [4.78, 5) is 0. The molecule has 0 aliphatic rings. The Bertz CT molecular complexity index is 855. The van der Waals surface area contributed by atoms with Crippen LogP contribution in [-0.2, 0) is 0 Å². The van der Waals surface area contributed by atoms with Crippen molar-refractivity contribution in [2.24, 2.45) is 0 Å². The molecule has 0 heterocycles. The molecule has 0 saturated heterocycles. The first-order valence-corrected chi connectivity index (χ1v) is 15.8. The minimum atomic E-state index is -1.86. The molecule has 3 rings (SSSR count). The van der Waals surface area contributed by atoms with E-state index in [0.29, 0.717) is 0 Å². The third kappa shape index (κ3) is 7.73. The van der Waals surface area contributed by atoms with Crippen molar-refractivity contribution in [3.05, 3.63) is 87.9 Å². The van der Waals surface area contributed by atoms with Gasteiger partial charge in [0.2, 0.25) is 0 Å². The number of hydrogen-bond donors (Lipinski definition) is 0. The largest absolute Gasteiger partial charge is 0.112 e. The summed E-state index contributed by atoms with van der Waals surface area (Å²) in [5.74, 6) is 0. The SMILES string of the molecule is CCCCCCCCCCCC[P+](c1ccc(Cl)cc1)(c1ccc(Cl)cc1)c1ccc(Cl)cc1. The van der Waals surface area contributed by atoms with E-state index >= 15 is 0 Å². The van der Waals surface area contributed by atoms with Crippen LogP contribution in [0, 0.1) is 0 Å². The molecule has 0 aromatic heterocycles. The molecule has 4 heteroatoms. The van der Waals surface area contributed by atoms with Crippen LogP contribution in [0.4, 0.5) is 0 Å². The summed E-state index contributed by atoms with van der Waals surface area (Å²) in [5, 5.41) is 6.39. The Morgan fingerprint density at radius 2 is 0.735 bits per heavy atom. The lowest BCUT2D eigenvalue weighted by molar-refractivity contribution is 0.563. The van der Waals surface area contributed by atoms with Gasteiger partial charge in [-0.3, -0.25) is 0 Å². The van der Waals surface area contributed by atoms with Crippen molar-refractivity contribution in [2.75, 3.05) is 6.16 Å². The van der Waals surface area contributed by atoms with E-state index in [1.54, 1.807) is 0 Å². The minimum absolute atomic E-state index is 0.771. The van der Waals surface area contributed by atoms with Gasteiger partial charge in [0.1, 0.15) is 23.2 Å². The number of benzene rings is 3. The molecular formula is C30H37Cl3P+. The highest BCUT2D eigenvalue weighted by Gasteiger charge is 2.44. The van der Waals surface area contributed by atoms with Gasteiger partial charge < -0.3 is 0 Å². The van der Waals surface area contributed by atoms with Gasteiger partial charge in [0, 0.05) is 15.1 Å². The second kappa shape index (κ2) is 14.5. The van der Waals surface area contributed by atoms with Gasteiger partial charge in [-0.15, -0.1) is 0 Å². The second-order valence-corrected chi connectivity index (χ2v) is 14.1. The molecule has 0 saturated carbocycles. The van der Waals surface area contributed by atoms with E-state index in [0.717, 1.165) is 21.2 Å². The van der Waals surface area contributed by atoms with Crippen molar-refractivity contribution in [1.82, 2.24) is 0 Å². The predicted molar refractivity (Wildman–Crippen MR) is 157 cm³/mol. The maximum absolute atomic E-state index is 6.29. The first-order chi connectivity index (χ1) is 16.6. The molecule has 3 aromatic carbocycles. The molecule has 0 aliphatic carbocycles. The van der Waals surface area contributed by atoms with E-state index in [1.165, 1.54) is 80.1 Å². The van der Waals surface area contributed by atoms with Crippen molar-refractivity contribution in [3.8, 4) is 0 Å². The number of unbranched alkanes of at least 4 members (excludes halogenated alkanes) is 9. The van der Waals surface area contributed by atoms with Crippen LogP contribution in [0.2, 0.25) is 15.1 Å². The van der Waals surface area contributed by atoms with E-state index < -0.39 is 7.26 Å². The fourth-order valence-electron chi connectivity index (χ4n) is 4.76. The third-order valence-electron chi connectivity index (χ3n) is 6.65. The molecule has 182 valence electrons.